The van der Waals surface area contributed by atoms with E-state index in [0.717, 1.165) is 29.4 Å². The lowest BCUT2D eigenvalue weighted by atomic mass is 10.1. The van der Waals surface area contributed by atoms with Gasteiger partial charge in [-0.2, -0.15) is 0 Å². The first kappa shape index (κ1) is 32.7. The second-order valence-electron chi connectivity index (χ2n) is 11.3. The molecule has 246 valence electrons. The summed E-state index contributed by atoms with van der Waals surface area (Å²) in [6, 6.07) is 66.9. The topological polar surface area (TPSA) is 61.3 Å². The van der Waals surface area contributed by atoms with Crippen LogP contribution in [0, 0.1) is 0 Å². The van der Waals surface area contributed by atoms with Gasteiger partial charge in [0.05, 0.1) is 50.0 Å². The number of benzene rings is 7. The predicted octanol–water partition coefficient (Wildman–Crippen LogP) is 11.2. The van der Waals surface area contributed by atoms with E-state index in [9.17, 15) is 9.59 Å². The van der Waals surface area contributed by atoms with Crippen molar-refractivity contribution in [2.45, 2.75) is 29.4 Å². The Bertz CT molecular complexity index is 1830. The SMILES string of the molecule is [OH+]=C(OS(c1ccccc1)(c1ccccc1)c1ccccc1)c1ccccc1C(=[OH+])OS(c1ccccc1)(c1ccccc1)c1ccccc1. The standard InChI is InChI=1S/C44H34O4S2/c45-43(47-49(35-21-7-1-8-22-35,36-23-9-2-10-24-36)37-25-11-3-12-26-37)41-33-19-20-34-42(41)44(46)48-50(38-27-13-4-14-28-38,39-29-15-5-16-30-39)40-31-17-6-18-32-40/h1-34H/p+2. The van der Waals surface area contributed by atoms with E-state index in [0.29, 0.717) is 11.1 Å². The van der Waals surface area contributed by atoms with Crippen molar-refractivity contribution in [3.05, 3.63) is 217 Å². The molecule has 0 aliphatic carbocycles. The van der Waals surface area contributed by atoms with Gasteiger partial charge in [-0.1, -0.05) is 121 Å². The molecule has 0 unspecified atom stereocenters. The van der Waals surface area contributed by atoms with Crippen molar-refractivity contribution in [3.8, 4) is 0 Å². The van der Waals surface area contributed by atoms with Crippen LogP contribution in [0.25, 0.3) is 0 Å². The van der Waals surface area contributed by atoms with Crippen LogP contribution in [0.4, 0.5) is 0 Å². The molecule has 0 fully saturated rings. The fourth-order valence-electron chi connectivity index (χ4n) is 5.96. The number of hydrogen-bond acceptors (Lipinski definition) is 2. The van der Waals surface area contributed by atoms with E-state index < -0.39 is 20.6 Å². The Morgan fingerprint density at radius 1 is 0.280 bits per heavy atom. The third-order valence-electron chi connectivity index (χ3n) is 8.25. The lowest BCUT2D eigenvalue weighted by Gasteiger charge is -2.33. The first-order valence-corrected chi connectivity index (χ1v) is 19.3. The van der Waals surface area contributed by atoms with Crippen LogP contribution in [0.3, 0.4) is 0 Å². The van der Waals surface area contributed by atoms with Gasteiger partial charge in [-0.3, -0.25) is 0 Å². The lowest BCUT2D eigenvalue weighted by Crippen LogP contribution is -2.20. The Labute approximate surface area is 296 Å². The molecule has 0 saturated heterocycles. The maximum atomic E-state index is 12.2. The second-order valence-corrected chi connectivity index (χ2v) is 16.7. The minimum atomic E-state index is -2.50. The van der Waals surface area contributed by atoms with Gasteiger partial charge in [-0.15, -0.1) is 0 Å². The molecule has 7 rings (SSSR count). The van der Waals surface area contributed by atoms with Gasteiger partial charge in [-0.25, -0.2) is 8.37 Å². The summed E-state index contributed by atoms with van der Waals surface area (Å²) in [5, 5.41) is 0. The summed E-state index contributed by atoms with van der Waals surface area (Å²) in [6.45, 7) is 0. The van der Waals surface area contributed by atoms with Crippen LogP contribution in [0.5, 0.6) is 0 Å². The van der Waals surface area contributed by atoms with Gasteiger partial charge >= 0.3 is 11.9 Å². The summed E-state index contributed by atoms with van der Waals surface area (Å²) in [4.78, 5) is 29.8. The Hall–Kier alpha value is -5.82. The molecular weight excluding hydrogens is 657 g/mol. The van der Waals surface area contributed by atoms with Crippen LogP contribution < -0.4 is 0 Å². The predicted molar refractivity (Wildman–Crippen MR) is 204 cm³/mol. The maximum absolute atomic E-state index is 12.2. The smallest absolute Gasteiger partial charge is 0.334 e. The molecule has 0 amide bonds. The monoisotopic (exact) mass is 692 g/mol. The summed E-state index contributed by atoms with van der Waals surface area (Å²) in [7, 11) is -5.00. The average Bonchev–Trinajstić information content (AvgIpc) is 3.21. The molecule has 0 aliphatic rings. The van der Waals surface area contributed by atoms with Gasteiger partial charge in [0.15, 0.2) is 0 Å². The van der Waals surface area contributed by atoms with Crippen LogP contribution in [0.2, 0.25) is 0 Å². The number of hydrogen-bond donors (Lipinski definition) is 0. The van der Waals surface area contributed by atoms with Gasteiger partial charge in [0, 0.05) is 0 Å². The Kier molecular flexibility index (Phi) is 9.65. The quantitative estimate of drug-likeness (QED) is 0.134. The molecule has 0 aromatic heterocycles. The molecule has 7 aromatic carbocycles. The summed E-state index contributed by atoms with van der Waals surface area (Å²) in [6.07, 6.45) is 0. The van der Waals surface area contributed by atoms with E-state index in [1.165, 1.54) is 0 Å². The highest BCUT2D eigenvalue weighted by Crippen LogP contribution is 2.70. The van der Waals surface area contributed by atoms with E-state index in [-0.39, 0.29) is 11.9 Å². The van der Waals surface area contributed by atoms with Crippen LogP contribution in [0.15, 0.2) is 236 Å². The van der Waals surface area contributed by atoms with Gasteiger partial charge in [0.25, 0.3) is 0 Å². The highest BCUT2D eigenvalue weighted by molar-refractivity contribution is 8.30. The van der Waals surface area contributed by atoms with Crippen molar-refractivity contribution in [2.24, 2.45) is 0 Å². The zero-order chi connectivity index (χ0) is 34.2. The van der Waals surface area contributed by atoms with E-state index >= 15 is 0 Å². The molecule has 0 atom stereocenters. The zero-order valence-corrected chi connectivity index (χ0v) is 28.8. The van der Waals surface area contributed by atoms with Crippen molar-refractivity contribution in [3.63, 3.8) is 0 Å². The highest BCUT2D eigenvalue weighted by atomic mass is 32.3. The fraction of sp³-hybridized carbons (Fsp3) is 0. The zero-order valence-electron chi connectivity index (χ0n) is 27.2. The molecule has 50 heavy (non-hydrogen) atoms. The van der Waals surface area contributed by atoms with Crippen LogP contribution >= 0.6 is 20.6 Å². The van der Waals surface area contributed by atoms with Gasteiger partial charge in [-0.05, 0) is 84.9 Å². The third kappa shape index (κ3) is 6.23. The molecule has 0 heterocycles. The molecule has 0 bridgehead atoms. The summed E-state index contributed by atoms with van der Waals surface area (Å²) >= 11 is 0. The maximum Gasteiger partial charge on any atom is 0.532 e. The van der Waals surface area contributed by atoms with Gasteiger partial charge in [0.1, 0.15) is 11.1 Å². The first-order valence-electron chi connectivity index (χ1n) is 16.2. The van der Waals surface area contributed by atoms with Crippen LogP contribution in [-0.2, 0) is 8.37 Å². The van der Waals surface area contributed by atoms with Crippen molar-refractivity contribution in [2.75, 3.05) is 0 Å². The molecule has 0 aliphatic heterocycles. The van der Waals surface area contributed by atoms with Crippen molar-refractivity contribution >= 4 is 32.6 Å². The lowest BCUT2D eigenvalue weighted by molar-refractivity contribution is 0.494. The minimum absolute atomic E-state index is 0.298. The molecular formula is C44H36O4S2+2. The summed E-state index contributed by atoms with van der Waals surface area (Å²) < 4.78 is 13.9. The Morgan fingerprint density at radius 3 is 0.660 bits per heavy atom. The van der Waals surface area contributed by atoms with Crippen molar-refractivity contribution in [1.29, 1.82) is 0 Å². The van der Waals surface area contributed by atoms with Crippen LogP contribution in [0.1, 0.15) is 11.1 Å². The van der Waals surface area contributed by atoms with E-state index in [1.54, 1.807) is 12.1 Å². The highest BCUT2D eigenvalue weighted by Gasteiger charge is 2.47. The molecule has 7 aromatic rings. The van der Waals surface area contributed by atoms with Crippen LogP contribution in [-0.4, -0.2) is 21.5 Å². The molecule has 0 spiro atoms. The first-order chi connectivity index (χ1) is 24.6. The van der Waals surface area contributed by atoms with Gasteiger partial charge < -0.3 is 9.59 Å². The van der Waals surface area contributed by atoms with E-state index in [1.807, 2.05) is 194 Å². The Morgan fingerprint density at radius 2 is 0.460 bits per heavy atom. The number of carbonyl (C=O) groups excluding carboxylic acids is 2. The average molecular weight is 693 g/mol. The van der Waals surface area contributed by atoms with E-state index in [4.69, 9.17) is 8.37 Å². The minimum Gasteiger partial charge on any atom is -0.334 e. The molecule has 0 radical (unpaired) electrons. The molecule has 6 heteroatoms. The summed E-state index contributed by atoms with van der Waals surface area (Å²) in [5.41, 5.74) is 0.597. The molecule has 2 N–H and O–H groups in total. The van der Waals surface area contributed by atoms with Crippen molar-refractivity contribution in [1.82, 2.24) is 0 Å². The third-order valence-corrected chi connectivity index (χ3v) is 14.7. The van der Waals surface area contributed by atoms with E-state index in [2.05, 4.69) is 0 Å². The summed E-state index contributed by atoms with van der Waals surface area (Å²) in [5.74, 6) is -0.663. The Balaban J connectivity index is 1.36. The number of rotatable bonds is 10. The second kappa shape index (κ2) is 14.7. The molecule has 0 saturated carbocycles. The van der Waals surface area contributed by atoms with Gasteiger partial charge in [0.2, 0.25) is 0 Å². The fourth-order valence-corrected chi connectivity index (χ4v) is 12.1. The molecule has 4 nitrogen and oxygen atoms in total. The normalized spacial score (nSPS) is 12.0. The van der Waals surface area contributed by atoms with Crippen molar-refractivity contribution < 1.29 is 18.0 Å². The largest absolute Gasteiger partial charge is 0.532 e.